The Hall–Kier alpha value is -1.21. The number of hydrogen-bond acceptors (Lipinski definition) is 3. The molecule has 0 aliphatic carbocycles. The Bertz CT molecular complexity index is 896. The maximum atomic E-state index is 13.3. The van der Waals surface area contributed by atoms with E-state index in [9.17, 15) is 9.59 Å². The Labute approximate surface area is 213 Å². The molecule has 0 radical (unpaired) electrons. The zero-order chi connectivity index (χ0) is 23.5. The van der Waals surface area contributed by atoms with E-state index in [0.29, 0.717) is 28.8 Å². The summed E-state index contributed by atoms with van der Waals surface area (Å²) in [5.74, 6) is 0.779. The highest BCUT2D eigenvalue weighted by Crippen LogP contribution is 2.24. The van der Waals surface area contributed by atoms with E-state index in [0.717, 1.165) is 28.4 Å². The van der Waals surface area contributed by atoms with Crippen LogP contribution in [0.5, 0.6) is 0 Å². The SMILES string of the molecule is CCCCNC(=O)[C@H](CC)N(Cc1ccc(Cl)cc1Cl)C(=O)CSCc1ccc(Br)cc1. The van der Waals surface area contributed by atoms with Crippen molar-refractivity contribution in [2.75, 3.05) is 12.3 Å². The minimum Gasteiger partial charge on any atom is -0.354 e. The van der Waals surface area contributed by atoms with Gasteiger partial charge < -0.3 is 10.2 Å². The average Bonchev–Trinajstić information content (AvgIpc) is 2.76. The second-order valence-corrected chi connectivity index (χ2v) is 10.2. The number of halogens is 3. The third kappa shape index (κ3) is 8.62. The fourth-order valence-corrected chi connectivity index (χ4v) is 4.78. The largest absolute Gasteiger partial charge is 0.354 e. The number of unbranched alkanes of at least 4 members (excludes halogenated alkanes) is 1. The molecule has 4 nitrogen and oxygen atoms in total. The molecule has 0 unspecified atom stereocenters. The van der Waals surface area contributed by atoms with Crippen LogP contribution in [0.4, 0.5) is 0 Å². The first-order chi connectivity index (χ1) is 15.3. The molecule has 0 saturated carbocycles. The molecule has 0 aromatic heterocycles. The Morgan fingerprint density at radius 3 is 2.47 bits per heavy atom. The van der Waals surface area contributed by atoms with E-state index in [1.54, 1.807) is 17.0 Å². The van der Waals surface area contributed by atoms with Crippen LogP contribution < -0.4 is 5.32 Å². The zero-order valence-electron chi connectivity index (χ0n) is 18.4. The molecular weight excluding hydrogens is 531 g/mol. The molecule has 1 atom stereocenters. The van der Waals surface area contributed by atoms with Gasteiger partial charge in [-0.05, 0) is 48.2 Å². The number of thioether (sulfide) groups is 1. The second kappa shape index (κ2) is 14.1. The van der Waals surface area contributed by atoms with Crippen molar-refractivity contribution in [2.24, 2.45) is 0 Å². The summed E-state index contributed by atoms with van der Waals surface area (Å²) in [7, 11) is 0. The molecule has 2 amide bonds. The van der Waals surface area contributed by atoms with Gasteiger partial charge in [-0.2, -0.15) is 0 Å². The average molecular weight is 560 g/mol. The lowest BCUT2D eigenvalue weighted by molar-refractivity contribution is -0.139. The number of nitrogens with zero attached hydrogens (tertiary/aromatic N) is 1. The minimum atomic E-state index is -0.556. The quantitative estimate of drug-likeness (QED) is 0.294. The highest BCUT2D eigenvalue weighted by molar-refractivity contribution is 9.10. The van der Waals surface area contributed by atoms with Crippen molar-refractivity contribution in [2.45, 2.75) is 51.4 Å². The number of amides is 2. The lowest BCUT2D eigenvalue weighted by Gasteiger charge is -2.31. The summed E-state index contributed by atoms with van der Waals surface area (Å²) in [5, 5.41) is 3.99. The van der Waals surface area contributed by atoms with Gasteiger partial charge in [0, 0.05) is 33.4 Å². The van der Waals surface area contributed by atoms with E-state index in [1.807, 2.05) is 37.3 Å². The summed E-state index contributed by atoms with van der Waals surface area (Å²) < 4.78 is 1.02. The van der Waals surface area contributed by atoms with E-state index in [1.165, 1.54) is 11.8 Å². The molecule has 8 heteroatoms. The Kier molecular flexibility index (Phi) is 11.9. The van der Waals surface area contributed by atoms with Crippen LogP contribution in [0.2, 0.25) is 10.0 Å². The fourth-order valence-electron chi connectivity index (χ4n) is 3.18. The van der Waals surface area contributed by atoms with Gasteiger partial charge in [0.05, 0.1) is 5.75 Å². The maximum absolute atomic E-state index is 13.3. The van der Waals surface area contributed by atoms with Crippen molar-refractivity contribution in [1.29, 1.82) is 0 Å². The molecule has 2 rings (SSSR count). The molecule has 174 valence electrons. The molecule has 0 fully saturated rings. The first-order valence-corrected chi connectivity index (χ1v) is 13.4. The van der Waals surface area contributed by atoms with Gasteiger partial charge in [-0.25, -0.2) is 0 Å². The monoisotopic (exact) mass is 558 g/mol. The Morgan fingerprint density at radius 1 is 1.12 bits per heavy atom. The maximum Gasteiger partial charge on any atom is 0.242 e. The summed E-state index contributed by atoms with van der Waals surface area (Å²) >= 11 is 17.4. The summed E-state index contributed by atoms with van der Waals surface area (Å²) in [4.78, 5) is 27.8. The number of carbonyl (C=O) groups excluding carboxylic acids is 2. The van der Waals surface area contributed by atoms with E-state index < -0.39 is 6.04 Å². The molecule has 0 aliphatic heterocycles. The third-order valence-corrected chi connectivity index (χ3v) is 7.08. The van der Waals surface area contributed by atoms with E-state index in [2.05, 4.69) is 28.2 Å². The summed E-state index contributed by atoms with van der Waals surface area (Å²) in [6.07, 6.45) is 2.42. The lowest BCUT2D eigenvalue weighted by atomic mass is 10.1. The first-order valence-electron chi connectivity index (χ1n) is 10.7. The predicted octanol–water partition coefficient (Wildman–Crippen LogP) is 6.71. The van der Waals surface area contributed by atoms with Crippen LogP contribution in [0, 0.1) is 0 Å². The Balaban J connectivity index is 2.14. The lowest BCUT2D eigenvalue weighted by Crippen LogP contribution is -2.49. The van der Waals surface area contributed by atoms with Gasteiger partial charge >= 0.3 is 0 Å². The smallest absolute Gasteiger partial charge is 0.242 e. The van der Waals surface area contributed by atoms with Crippen LogP contribution in [0.1, 0.15) is 44.2 Å². The van der Waals surface area contributed by atoms with E-state index in [-0.39, 0.29) is 24.1 Å². The number of hydrogen-bond donors (Lipinski definition) is 1. The van der Waals surface area contributed by atoms with Gasteiger partial charge in [-0.15, -0.1) is 11.8 Å². The van der Waals surface area contributed by atoms with Crippen molar-refractivity contribution < 1.29 is 9.59 Å². The standard InChI is InChI=1S/C24H29BrCl2N2O2S/c1-3-5-12-28-24(31)22(4-2)29(14-18-8-11-20(26)13-21(18)27)23(30)16-32-15-17-6-9-19(25)10-7-17/h6-11,13,22H,3-5,12,14-16H2,1-2H3,(H,28,31)/t22-/m0/s1. The summed E-state index contributed by atoms with van der Waals surface area (Å²) in [6, 6.07) is 12.7. The van der Waals surface area contributed by atoms with Crippen LogP contribution in [0.25, 0.3) is 0 Å². The fraction of sp³-hybridized carbons (Fsp3) is 0.417. The minimum absolute atomic E-state index is 0.0874. The van der Waals surface area contributed by atoms with Crippen molar-refractivity contribution in [3.63, 3.8) is 0 Å². The summed E-state index contributed by atoms with van der Waals surface area (Å²) in [5.41, 5.74) is 1.91. The Morgan fingerprint density at radius 2 is 1.84 bits per heavy atom. The van der Waals surface area contributed by atoms with Gasteiger partial charge in [0.25, 0.3) is 0 Å². The molecule has 0 saturated heterocycles. The van der Waals surface area contributed by atoms with Crippen molar-refractivity contribution in [3.05, 3.63) is 68.1 Å². The zero-order valence-corrected chi connectivity index (χ0v) is 22.3. The number of rotatable bonds is 12. The normalized spacial score (nSPS) is 11.8. The van der Waals surface area contributed by atoms with Gasteiger partial charge in [0.1, 0.15) is 6.04 Å². The molecule has 2 aromatic carbocycles. The van der Waals surface area contributed by atoms with Crippen LogP contribution in [-0.4, -0.2) is 35.1 Å². The topological polar surface area (TPSA) is 49.4 Å². The third-order valence-electron chi connectivity index (χ3n) is 4.98. The number of benzene rings is 2. The number of carbonyl (C=O) groups is 2. The van der Waals surface area contributed by atoms with Gasteiger partial charge in [0.2, 0.25) is 11.8 Å². The van der Waals surface area contributed by atoms with Gasteiger partial charge in [0.15, 0.2) is 0 Å². The van der Waals surface area contributed by atoms with Crippen LogP contribution in [-0.2, 0) is 21.9 Å². The van der Waals surface area contributed by atoms with Gasteiger partial charge in [-0.1, -0.05) is 77.6 Å². The molecular formula is C24H29BrCl2N2O2S. The molecule has 0 aliphatic rings. The molecule has 2 aromatic rings. The highest BCUT2D eigenvalue weighted by atomic mass is 79.9. The molecule has 0 heterocycles. The van der Waals surface area contributed by atoms with Crippen molar-refractivity contribution in [1.82, 2.24) is 10.2 Å². The molecule has 0 spiro atoms. The van der Waals surface area contributed by atoms with Crippen LogP contribution in [0.15, 0.2) is 46.9 Å². The predicted molar refractivity (Wildman–Crippen MR) is 139 cm³/mol. The number of nitrogens with one attached hydrogen (secondary N) is 1. The van der Waals surface area contributed by atoms with E-state index >= 15 is 0 Å². The van der Waals surface area contributed by atoms with Crippen LogP contribution >= 0.6 is 50.9 Å². The highest BCUT2D eigenvalue weighted by Gasteiger charge is 2.28. The van der Waals surface area contributed by atoms with Crippen molar-refractivity contribution >= 4 is 62.7 Å². The first kappa shape index (κ1) is 27.0. The van der Waals surface area contributed by atoms with Crippen molar-refractivity contribution in [3.8, 4) is 0 Å². The van der Waals surface area contributed by atoms with Crippen LogP contribution in [0.3, 0.4) is 0 Å². The van der Waals surface area contributed by atoms with Gasteiger partial charge in [-0.3, -0.25) is 9.59 Å². The molecule has 32 heavy (non-hydrogen) atoms. The molecule has 1 N–H and O–H groups in total. The second-order valence-electron chi connectivity index (χ2n) is 7.45. The summed E-state index contributed by atoms with van der Waals surface area (Å²) in [6.45, 7) is 4.86. The van der Waals surface area contributed by atoms with E-state index in [4.69, 9.17) is 23.2 Å². The molecule has 0 bridgehead atoms.